The highest BCUT2D eigenvalue weighted by Crippen LogP contribution is 2.30. The number of aryl methyl sites for hydroxylation is 2. The molecular formula is C31H30N6O. The second kappa shape index (κ2) is 11.7. The van der Waals surface area contributed by atoms with E-state index in [0.717, 1.165) is 48.2 Å². The first-order valence-electron chi connectivity index (χ1n) is 13.0. The van der Waals surface area contributed by atoms with Crippen molar-refractivity contribution in [1.82, 2.24) is 14.8 Å². The summed E-state index contributed by atoms with van der Waals surface area (Å²) in [5, 5.41) is 13.3. The van der Waals surface area contributed by atoms with Crippen LogP contribution in [0.2, 0.25) is 0 Å². The van der Waals surface area contributed by atoms with Crippen molar-refractivity contribution >= 4 is 23.1 Å². The van der Waals surface area contributed by atoms with Gasteiger partial charge in [0.25, 0.3) is 0 Å². The van der Waals surface area contributed by atoms with Crippen LogP contribution in [0.15, 0.2) is 90.3 Å². The number of amides is 1. The summed E-state index contributed by atoms with van der Waals surface area (Å²) in [6, 6.07) is 24.1. The molecule has 2 aromatic heterocycles. The van der Waals surface area contributed by atoms with Crippen molar-refractivity contribution in [1.29, 1.82) is 5.26 Å². The zero-order valence-electron chi connectivity index (χ0n) is 21.5. The third-order valence-corrected chi connectivity index (χ3v) is 6.97. The van der Waals surface area contributed by atoms with Gasteiger partial charge >= 0.3 is 0 Å². The number of aromatic nitrogens is 3. The normalized spacial score (nSPS) is 15.1. The monoisotopic (exact) mass is 502 g/mol. The fourth-order valence-corrected chi connectivity index (χ4v) is 4.95. The van der Waals surface area contributed by atoms with E-state index in [9.17, 15) is 4.79 Å². The van der Waals surface area contributed by atoms with Gasteiger partial charge in [-0.1, -0.05) is 42.5 Å². The standard InChI is InChI=1S/C31H30N6O/c1-36-22-26(21-34-36)25-9-13-28(14-10-25)37(31(38)18-8-23-5-3-2-4-6-23)29-15-11-27(12-16-29)35-30-17-7-24(19-32)20-33-30/h2-7,9-10,13-14,17,20-22,29H,8,11-12,15-16,18H2,1H3. The topological polar surface area (TPSA) is 87.2 Å². The summed E-state index contributed by atoms with van der Waals surface area (Å²) in [6.07, 6.45) is 9.87. The molecule has 0 radical (unpaired) electrons. The molecule has 1 fully saturated rings. The molecule has 0 atom stereocenters. The predicted molar refractivity (Wildman–Crippen MR) is 149 cm³/mol. The molecule has 1 aliphatic carbocycles. The summed E-state index contributed by atoms with van der Waals surface area (Å²) in [5.74, 6) is 0.765. The number of carbonyl (C=O) groups excluding carboxylic acids is 1. The van der Waals surface area contributed by atoms with Crippen LogP contribution in [0.5, 0.6) is 0 Å². The number of rotatable bonds is 7. The van der Waals surface area contributed by atoms with Crippen molar-refractivity contribution in [3.05, 3.63) is 96.4 Å². The fourth-order valence-electron chi connectivity index (χ4n) is 4.95. The number of pyridine rings is 1. The Morgan fingerprint density at radius 3 is 2.42 bits per heavy atom. The second-order valence-electron chi connectivity index (χ2n) is 9.62. The van der Waals surface area contributed by atoms with Gasteiger partial charge in [-0.25, -0.2) is 9.98 Å². The van der Waals surface area contributed by atoms with E-state index in [1.807, 2.05) is 54.7 Å². The number of carbonyl (C=O) groups is 1. The molecule has 5 rings (SSSR count). The van der Waals surface area contributed by atoms with E-state index in [1.54, 1.807) is 23.0 Å². The van der Waals surface area contributed by atoms with E-state index in [0.29, 0.717) is 24.2 Å². The van der Waals surface area contributed by atoms with Gasteiger partial charge in [-0.05, 0) is 67.5 Å². The van der Waals surface area contributed by atoms with Crippen LogP contribution in [-0.2, 0) is 18.3 Å². The van der Waals surface area contributed by atoms with E-state index >= 15 is 0 Å². The maximum atomic E-state index is 13.7. The summed E-state index contributed by atoms with van der Waals surface area (Å²) in [7, 11) is 1.91. The van der Waals surface area contributed by atoms with Crippen LogP contribution in [0.3, 0.4) is 0 Å². The second-order valence-corrected chi connectivity index (χ2v) is 9.62. The maximum Gasteiger partial charge on any atom is 0.227 e. The molecule has 2 heterocycles. The van der Waals surface area contributed by atoms with Crippen molar-refractivity contribution in [3.63, 3.8) is 0 Å². The first-order chi connectivity index (χ1) is 18.6. The third kappa shape index (κ3) is 6.04. The van der Waals surface area contributed by atoms with Crippen LogP contribution in [-0.4, -0.2) is 32.4 Å². The lowest BCUT2D eigenvalue weighted by atomic mass is 9.91. The molecule has 190 valence electrons. The molecule has 0 saturated heterocycles. The number of benzene rings is 2. The fraction of sp³-hybridized carbons (Fsp3) is 0.258. The number of nitrogens with zero attached hydrogens (tertiary/aromatic N) is 6. The van der Waals surface area contributed by atoms with Gasteiger partial charge in [-0.3, -0.25) is 9.48 Å². The number of hydrogen-bond donors (Lipinski definition) is 0. The van der Waals surface area contributed by atoms with Gasteiger partial charge in [0.2, 0.25) is 5.91 Å². The van der Waals surface area contributed by atoms with Crippen LogP contribution < -0.4 is 4.90 Å². The summed E-state index contributed by atoms with van der Waals surface area (Å²) in [6.45, 7) is 0. The minimum atomic E-state index is 0.107. The molecule has 0 spiro atoms. The van der Waals surface area contributed by atoms with Crippen molar-refractivity contribution < 1.29 is 4.79 Å². The largest absolute Gasteiger partial charge is 0.309 e. The Bertz CT molecular complexity index is 1440. The SMILES string of the molecule is Cn1cc(-c2ccc(N(C(=O)CCc3ccccc3)C3CCC(=Nc4ccc(C#N)cn4)CC3)cc2)cn1. The lowest BCUT2D eigenvalue weighted by molar-refractivity contribution is -0.119. The number of hydrogen-bond acceptors (Lipinski definition) is 5. The van der Waals surface area contributed by atoms with Gasteiger partial charge in [0.15, 0.2) is 5.82 Å². The van der Waals surface area contributed by atoms with E-state index in [4.69, 9.17) is 10.3 Å². The minimum absolute atomic E-state index is 0.107. The Labute approximate surface area is 223 Å². The molecule has 38 heavy (non-hydrogen) atoms. The molecule has 4 aromatic rings. The van der Waals surface area contributed by atoms with Crippen LogP contribution in [0.4, 0.5) is 11.5 Å². The zero-order chi connectivity index (χ0) is 26.3. The Balaban J connectivity index is 1.33. The summed E-state index contributed by atoms with van der Waals surface area (Å²) >= 11 is 0. The number of anilines is 1. The highest BCUT2D eigenvalue weighted by Gasteiger charge is 2.28. The van der Waals surface area contributed by atoms with Gasteiger partial charge in [-0.15, -0.1) is 0 Å². The molecule has 1 amide bonds. The van der Waals surface area contributed by atoms with Crippen LogP contribution in [0, 0.1) is 11.3 Å². The van der Waals surface area contributed by atoms with E-state index < -0.39 is 0 Å². The summed E-state index contributed by atoms with van der Waals surface area (Å²) in [4.78, 5) is 24.7. The predicted octanol–water partition coefficient (Wildman–Crippen LogP) is 6.03. The van der Waals surface area contributed by atoms with Crippen molar-refractivity contribution in [2.24, 2.45) is 12.0 Å². The van der Waals surface area contributed by atoms with Gasteiger partial charge in [0.1, 0.15) is 6.07 Å². The molecule has 1 aliphatic rings. The molecule has 1 saturated carbocycles. The number of nitriles is 1. The molecule has 0 unspecified atom stereocenters. The molecule has 0 N–H and O–H groups in total. The van der Waals surface area contributed by atoms with Crippen molar-refractivity contribution in [3.8, 4) is 17.2 Å². The average Bonchev–Trinajstić information content (AvgIpc) is 3.40. The molecule has 0 bridgehead atoms. The van der Waals surface area contributed by atoms with Gasteiger partial charge in [0, 0.05) is 48.9 Å². The maximum absolute atomic E-state index is 13.7. The average molecular weight is 503 g/mol. The third-order valence-electron chi connectivity index (χ3n) is 6.97. The summed E-state index contributed by atoms with van der Waals surface area (Å²) in [5.41, 5.74) is 5.83. The summed E-state index contributed by atoms with van der Waals surface area (Å²) < 4.78 is 1.79. The molecule has 2 aromatic carbocycles. The van der Waals surface area contributed by atoms with Crippen LogP contribution in [0.1, 0.15) is 43.2 Å². The molecule has 7 heteroatoms. The van der Waals surface area contributed by atoms with Gasteiger partial charge in [-0.2, -0.15) is 10.4 Å². The smallest absolute Gasteiger partial charge is 0.227 e. The Kier molecular flexibility index (Phi) is 7.70. The van der Waals surface area contributed by atoms with E-state index in [1.165, 1.54) is 5.56 Å². The highest BCUT2D eigenvalue weighted by molar-refractivity contribution is 5.95. The quantitative estimate of drug-likeness (QED) is 0.308. The lowest BCUT2D eigenvalue weighted by Crippen LogP contribution is -2.43. The number of aliphatic imine (C=N–C) groups is 1. The van der Waals surface area contributed by atoms with Gasteiger partial charge in [0.05, 0.1) is 11.8 Å². The van der Waals surface area contributed by atoms with E-state index in [2.05, 4.69) is 40.4 Å². The first kappa shape index (κ1) is 25.1. The Morgan fingerprint density at radius 2 is 1.79 bits per heavy atom. The van der Waals surface area contributed by atoms with Crippen LogP contribution in [0.25, 0.3) is 11.1 Å². The molecule has 7 nitrogen and oxygen atoms in total. The van der Waals surface area contributed by atoms with Crippen molar-refractivity contribution in [2.75, 3.05) is 4.90 Å². The van der Waals surface area contributed by atoms with E-state index in [-0.39, 0.29) is 11.9 Å². The van der Waals surface area contributed by atoms with Crippen LogP contribution >= 0.6 is 0 Å². The molecule has 0 aliphatic heterocycles. The first-order valence-corrected chi connectivity index (χ1v) is 13.0. The highest BCUT2D eigenvalue weighted by atomic mass is 16.2. The molecular weight excluding hydrogens is 472 g/mol. The lowest BCUT2D eigenvalue weighted by Gasteiger charge is -2.35. The Hall–Kier alpha value is -4.57. The zero-order valence-corrected chi connectivity index (χ0v) is 21.5. The van der Waals surface area contributed by atoms with Gasteiger partial charge < -0.3 is 4.90 Å². The minimum Gasteiger partial charge on any atom is -0.309 e. The Morgan fingerprint density at radius 1 is 1.03 bits per heavy atom. The van der Waals surface area contributed by atoms with Crippen molar-refractivity contribution in [2.45, 2.75) is 44.6 Å².